The summed E-state index contributed by atoms with van der Waals surface area (Å²) in [6, 6.07) is 14.7. The Hall–Kier alpha value is -1.69. The van der Waals surface area contributed by atoms with Gasteiger partial charge in [0, 0.05) is 40.2 Å². The summed E-state index contributed by atoms with van der Waals surface area (Å²) in [5, 5.41) is 4.00. The van der Waals surface area contributed by atoms with Crippen molar-refractivity contribution in [3.63, 3.8) is 0 Å². The van der Waals surface area contributed by atoms with Crippen LogP contribution in [-0.2, 0) is 16.1 Å². The Bertz CT molecular complexity index is 849. The molecule has 4 nitrogen and oxygen atoms in total. The van der Waals surface area contributed by atoms with Crippen molar-refractivity contribution in [3.8, 4) is 0 Å². The van der Waals surface area contributed by atoms with Gasteiger partial charge in [-0.2, -0.15) is 0 Å². The Kier molecular flexibility index (Phi) is 11.3. The first-order valence-electron chi connectivity index (χ1n) is 10.6. The van der Waals surface area contributed by atoms with Crippen molar-refractivity contribution in [1.82, 2.24) is 10.2 Å². The molecule has 1 N–H and O–H groups in total. The molecule has 0 saturated heterocycles. The van der Waals surface area contributed by atoms with Crippen LogP contribution in [0.5, 0.6) is 0 Å². The second kappa shape index (κ2) is 13.7. The number of nitrogens with one attached hydrogen (secondary N) is 1. The Balaban J connectivity index is 2.14. The van der Waals surface area contributed by atoms with Gasteiger partial charge in [0.05, 0.1) is 0 Å². The van der Waals surface area contributed by atoms with E-state index in [1.165, 1.54) is 0 Å². The van der Waals surface area contributed by atoms with Crippen LogP contribution in [0, 0.1) is 0 Å². The monoisotopic (exact) mass is 480 g/mol. The van der Waals surface area contributed by atoms with Crippen LogP contribution < -0.4 is 5.32 Å². The van der Waals surface area contributed by atoms with Gasteiger partial charge in [-0.05, 0) is 42.7 Å². The number of hydrogen-bond donors (Lipinski definition) is 1. The number of unbranched alkanes of at least 4 members (excludes halogenated alkanes) is 1. The molecule has 2 rings (SSSR count). The van der Waals surface area contributed by atoms with Crippen LogP contribution in [0.2, 0.25) is 10.0 Å². The average molecular weight is 481 g/mol. The van der Waals surface area contributed by atoms with Gasteiger partial charge in [-0.25, -0.2) is 0 Å². The quantitative estimate of drug-likeness (QED) is 0.290. The zero-order valence-electron chi connectivity index (χ0n) is 18.1. The van der Waals surface area contributed by atoms with E-state index in [-0.39, 0.29) is 18.4 Å². The summed E-state index contributed by atoms with van der Waals surface area (Å²) in [4.78, 5) is 28.8. The van der Waals surface area contributed by atoms with Crippen molar-refractivity contribution in [2.75, 3.05) is 12.3 Å². The van der Waals surface area contributed by atoms with Crippen molar-refractivity contribution >= 4 is 46.8 Å². The average Bonchev–Trinajstić information content (AvgIpc) is 2.76. The number of benzene rings is 2. The van der Waals surface area contributed by atoms with E-state index in [0.717, 1.165) is 23.3 Å². The third-order valence-electron chi connectivity index (χ3n) is 4.90. The van der Waals surface area contributed by atoms with Gasteiger partial charge in [0.1, 0.15) is 6.04 Å². The van der Waals surface area contributed by atoms with Gasteiger partial charge in [-0.3, -0.25) is 9.59 Å². The first-order chi connectivity index (χ1) is 15.0. The summed E-state index contributed by atoms with van der Waals surface area (Å²) < 4.78 is 0. The zero-order valence-corrected chi connectivity index (χ0v) is 20.4. The molecular formula is C24H30Cl2N2O2S. The highest BCUT2D eigenvalue weighted by atomic mass is 35.5. The number of carbonyl (C=O) groups is 2. The number of amides is 2. The van der Waals surface area contributed by atoms with Crippen LogP contribution >= 0.6 is 35.0 Å². The lowest BCUT2D eigenvalue weighted by molar-refractivity contribution is -0.141. The third-order valence-corrected chi connectivity index (χ3v) is 6.50. The summed E-state index contributed by atoms with van der Waals surface area (Å²) in [7, 11) is 0. The first-order valence-corrected chi connectivity index (χ1v) is 12.4. The molecule has 0 unspecified atom stereocenters. The maximum absolute atomic E-state index is 13.2. The summed E-state index contributed by atoms with van der Waals surface area (Å²) in [5.41, 5.74) is 0.773. The fourth-order valence-electron chi connectivity index (χ4n) is 3.18. The van der Waals surface area contributed by atoms with Crippen molar-refractivity contribution in [2.45, 2.75) is 57.0 Å². The SMILES string of the molecule is CCCCNC(=O)[C@H](CC)N(Cc1ccc(Cl)cc1Cl)C(=O)CCSc1ccccc1. The molecule has 2 aromatic rings. The minimum atomic E-state index is -0.544. The number of carbonyl (C=O) groups excluding carboxylic acids is 2. The van der Waals surface area contributed by atoms with E-state index >= 15 is 0 Å². The number of nitrogens with zero attached hydrogens (tertiary/aromatic N) is 1. The Morgan fingerprint density at radius 3 is 2.48 bits per heavy atom. The lowest BCUT2D eigenvalue weighted by Gasteiger charge is -2.31. The number of hydrogen-bond acceptors (Lipinski definition) is 3. The van der Waals surface area contributed by atoms with Crippen molar-refractivity contribution < 1.29 is 9.59 Å². The second-order valence-corrected chi connectivity index (χ2v) is 9.25. The maximum Gasteiger partial charge on any atom is 0.242 e. The highest BCUT2D eigenvalue weighted by Gasteiger charge is 2.28. The van der Waals surface area contributed by atoms with Gasteiger partial charge >= 0.3 is 0 Å². The van der Waals surface area contributed by atoms with Gasteiger partial charge < -0.3 is 10.2 Å². The molecule has 31 heavy (non-hydrogen) atoms. The molecule has 0 fully saturated rings. The normalized spacial score (nSPS) is 11.7. The second-order valence-electron chi connectivity index (χ2n) is 7.24. The highest BCUT2D eigenvalue weighted by molar-refractivity contribution is 7.99. The largest absolute Gasteiger partial charge is 0.354 e. The van der Waals surface area contributed by atoms with Gasteiger partial charge in [0.15, 0.2) is 0 Å². The van der Waals surface area contributed by atoms with E-state index in [9.17, 15) is 9.59 Å². The Morgan fingerprint density at radius 1 is 1.10 bits per heavy atom. The van der Waals surface area contributed by atoms with E-state index in [4.69, 9.17) is 23.2 Å². The minimum Gasteiger partial charge on any atom is -0.354 e. The molecule has 0 spiro atoms. The third kappa shape index (κ3) is 8.40. The van der Waals surface area contributed by atoms with Gasteiger partial charge in [-0.15, -0.1) is 11.8 Å². The maximum atomic E-state index is 13.2. The van der Waals surface area contributed by atoms with E-state index in [1.807, 2.05) is 43.3 Å². The molecule has 1 atom stereocenters. The van der Waals surface area contributed by atoms with Crippen LogP contribution in [0.1, 0.15) is 45.1 Å². The summed E-state index contributed by atoms with van der Waals surface area (Å²) in [6.45, 7) is 4.88. The fraction of sp³-hybridized carbons (Fsp3) is 0.417. The van der Waals surface area contributed by atoms with Crippen LogP contribution in [0.25, 0.3) is 0 Å². The topological polar surface area (TPSA) is 49.4 Å². The van der Waals surface area contributed by atoms with E-state index in [1.54, 1.807) is 28.8 Å². The molecule has 2 aromatic carbocycles. The first kappa shape index (κ1) is 25.6. The molecule has 0 aliphatic heterocycles. The Morgan fingerprint density at radius 2 is 1.84 bits per heavy atom. The van der Waals surface area contributed by atoms with E-state index in [2.05, 4.69) is 12.2 Å². The lowest BCUT2D eigenvalue weighted by Crippen LogP contribution is -2.49. The molecule has 0 bridgehead atoms. The molecule has 0 aliphatic rings. The summed E-state index contributed by atoms with van der Waals surface area (Å²) >= 11 is 14.0. The summed E-state index contributed by atoms with van der Waals surface area (Å²) in [6.07, 6.45) is 2.77. The van der Waals surface area contributed by atoms with Gasteiger partial charge in [0.2, 0.25) is 11.8 Å². The molecule has 7 heteroatoms. The van der Waals surface area contributed by atoms with E-state index in [0.29, 0.717) is 35.2 Å². The lowest BCUT2D eigenvalue weighted by atomic mass is 10.1. The van der Waals surface area contributed by atoms with Crippen molar-refractivity contribution in [2.24, 2.45) is 0 Å². The van der Waals surface area contributed by atoms with Crippen molar-refractivity contribution in [3.05, 3.63) is 64.1 Å². The molecular weight excluding hydrogens is 451 g/mol. The zero-order chi connectivity index (χ0) is 22.6. The number of halogens is 2. The van der Waals surface area contributed by atoms with Crippen LogP contribution in [0.15, 0.2) is 53.4 Å². The molecule has 0 heterocycles. The fourth-order valence-corrected chi connectivity index (χ4v) is 4.51. The van der Waals surface area contributed by atoms with Crippen LogP contribution in [-0.4, -0.2) is 35.1 Å². The number of rotatable bonds is 12. The minimum absolute atomic E-state index is 0.0630. The van der Waals surface area contributed by atoms with Crippen LogP contribution in [0.4, 0.5) is 0 Å². The molecule has 0 aliphatic carbocycles. The van der Waals surface area contributed by atoms with Crippen LogP contribution in [0.3, 0.4) is 0 Å². The predicted molar refractivity (Wildman–Crippen MR) is 131 cm³/mol. The Labute approximate surface area is 199 Å². The molecule has 0 radical (unpaired) electrons. The molecule has 0 saturated carbocycles. The smallest absolute Gasteiger partial charge is 0.242 e. The van der Waals surface area contributed by atoms with Gasteiger partial charge in [0.25, 0.3) is 0 Å². The van der Waals surface area contributed by atoms with E-state index < -0.39 is 6.04 Å². The molecule has 2 amide bonds. The van der Waals surface area contributed by atoms with Crippen molar-refractivity contribution in [1.29, 1.82) is 0 Å². The van der Waals surface area contributed by atoms with Gasteiger partial charge in [-0.1, -0.05) is 67.7 Å². The summed E-state index contributed by atoms with van der Waals surface area (Å²) in [5.74, 6) is 0.457. The predicted octanol–water partition coefficient (Wildman–Crippen LogP) is 6.20. The number of thioether (sulfide) groups is 1. The highest BCUT2D eigenvalue weighted by Crippen LogP contribution is 2.25. The molecule has 168 valence electrons. The molecule has 0 aromatic heterocycles. The standard InChI is InChI=1S/C24H30Cl2N2O2S/c1-3-5-14-27-24(30)22(4-2)28(17-18-11-12-19(25)16-21(18)26)23(29)13-15-31-20-9-7-6-8-10-20/h6-12,16,22H,3-5,13-15,17H2,1-2H3,(H,27,30)/t22-/m0/s1.